The molecular weight excluding hydrogens is 504 g/mol. The van der Waals surface area contributed by atoms with Crippen LogP contribution in [0.2, 0.25) is 0 Å². The number of hydrogen-bond acceptors (Lipinski definition) is 9. The Morgan fingerprint density at radius 2 is 1.83 bits per heavy atom. The zero-order valence-electron chi connectivity index (χ0n) is 20.0. The van der Waals surface area contributed by atoms with Crippen molar-refractivity contribution in [2.75, 3.05) is 64.6 Å². The Kier molecular flexibility index (Phi) is 8.59. The largest absolute Gasteiger partial charge is 0.473 e. The summed E-state index contributed by atoms with van der Waals surface area (Å²) in [6.45, 7) is 4.12. The topological polar surface area (TPSA) is 119 Å². The summed E-state index contributed by atoms with van der Waals surface area (Å²) in [5, 5.41) is 0. The Morgan fingerprint density at radius 1 is 1.08 bits per heavy atom. The third-order valence-electron chi connectivity index (χ3n) is 6.07. The van der Waals surface area contributed by atoms with Gasteiger partial charge in [-0.1, -0.05) is 12.1 Å². The van der Waals surface area contributed by atoms with E-state index in [1.165, 1.54) is 11.4 Å². The second-order valence-electron chi connectivity index (χ2n) is 8.25. The quantitative estimate of drug-likeness (QED) is 0.477. The van der Waals surface area contributed by atoms with Crippen molar-refractivity contribution >= 4 is 40.4 Å². The maximum absolute atomic E-state index is 12.2. The molecule has 5 rings (SSSR count). The van der Waals surface area contributed by atoms with Gasteiger partial charge in [0, 0.05) is 56.9 Å². The van der Waals surface area contributed by atoms with E-state index >= 15 is 0 Å². The number of ether oxygens (including phenoxy) is 3. The monoisotopic (exact) mass is 534 g/mol. The first-order chi connectivity index (χ1) is 17.0. The van der Waals surface area contributed by atoms with Crippen LogP contribution in [0.3, 0.4) is 0 Å². The number of pyridine rings is 1. The van der Waals surface area contributed by atoms with Gasteiger partial charge in [0.25, 0.3) is 10.2 Å². The Labute approximate surface area is 217 Å². The number of rotatable bonds is 7. The van der Waals surface area contributed by atoms with Crippen LogP contribution in [0.4, 0.5) is 5.69 Å². The highest BCUT2D eigenvalue weighted by Gasteiger charge is 2.29. The number of benzene rings is 1. The summed E-state index contributed by atoms with van der Waals surface area (Å²) in [5.41, 5.74) is 3.99. The number of nitrogens with one attached hydrogen (secondary N) is 1. The van der Waals surface area contributed by atoms with Crippen LogP contribution in [-0.4, -0.2) is 93.4 Å². The summed E-state index contributed by atoms with van der Waals surface area (Å²) >= 11 is 0. The van der Waals surface area contributed by atoms with Gasteiger partial charge < -0.3 is 19.1 Å². The van der Waals surface area contributed by atoms with Crippen LogP contribution in [0.5, 0.6) is 5.88 Å². The van der Waals surface area contributed by atoms with Crippen LogP contribution < -0.4 is 14.4 Å². The molecule has 2 fully saturated rings. The first-order valence-corrected chi connectivity index (χ1v) is 13.0. The Balaban J connectivity index is 0.00000304. The van der Waals surface area contributed by atoms with Gasteiger partial charge in [-0.2, -0.15) is 26.2 Å². The van der Waals surface area contributed by atoms with Gasteiger partial charge in [-0.15, -0.1) is 0 Å². The fourth-order valence-electron chi connectivity index (χ4n) is 4.17. The maximum atomic E-state index is 12.2. The molecule has 0 saturated carbocycles. The first kappa shape index (κ1) is 26.5. The summed E-state index contributed by atoms with van der Waals surface area (Å²) in [7, 11) is -2.13. The number of nitrogens with zero attached hydrogens (tertiary/aromatic N) is 5. The van der Waals surface area contributed by atoms with Crippen LogP contribution in [0.1, 0.15) is 0 Å². The number of aromatic nitrogens is 3. The molecular formula is C23H30N6O5S2. The van der Waals surface area contributed by atoms with Crippen LogP contribution in [0.25, 0.3) is 22.3 Å². The average Bonchev–Trinajstić information content (AvgIpc) is 2.92. The summed E-state index contributed by atoms with van der Waals surface area (Å²) in [6, 6.07) is 10.1. The van der Waals surface area contributed by atoms with Crippen LogP contribution in [-0.2, 0) is 19.7 Å². The Hall–Kier alpha value is -2.55. The molecule has 1 N–H and O–H groups in total. The second-order valence-corrected chi connectivity index (χ2v) is 10.1. The van der Waals surface area contributed by atoms with E-state index in [1.807, 2.05) is 18.2 Å². The molecule has 0 bridgehead atoms. The van der Waals surface area contributed by atoms with Crippen LogP contribution >= 0.6 is 13.5 Å². The molecule has 0 aliphatic carbocycles. The molecule has 0 unspecified atom stereocenters. The van der Waals surface area contributed by atoms with Crippen molar-refractivity contribution in [3.63, 3.8) is 0 Å². The van der Waals surface area contributed by atoms with Gasteiger partial charge in [0.15, 0.2) is 5.52 Å². The van der Waals surface area contributed by atoms with Crippen molar-refractivity contribution < 1.29 is 22.6 Å². The molecule has 3 aromatic rings. The van der Waals surface area contributed by atoms with Crippen molar-refractivity contribution in [1.29, 1.82) is 0 Å². The van der Waals surface area contributed by atoms with Crippen molar-refractivity contribution in [2.45, 2.75) is 6.10 Å². The molecule has 1 atom stereocenters. The summed E-state index contributed by atoms with van der Waals surface area (Å²) < 4.78 is 45.2. The van der Waals surface area contributed by atoms with Crippen molar-refractivity contribution in [3.05, 3.63) is 42.7 Å². The lowest BCUT2D eigenvalue weighted by molar-refractivity contribution is -0.0256. The number of fused-ring (bicyclic) bond motifs is 1. The number of anilines is 1. The van der Waals surface area contributed by atoms with Crippen LogP contribution in [0.15, 0.2) is 42.7 Å². The van der Waals surface area contributed by atoms with E-state index < -0.39 is 16.3 Å². The molecule has 13 heteroatoms. The van der Waals surface area contributed by atoms with Crippen molar-refractivity contribution in [2.24, 2.45) is 0 Å². The molecule has 36 heavy (non-hydrogen) atoms. The number of morpholine rings is 2. The lowest BCUT2D eigenvalue weighted by atomic mass is 10.1. The van der Waals surface area contributed by atoms with Gasteiger partial charge in [-0.3, -0.25) is 4.98 Å². The fourth-order valence-corrected chi connectivity index (χ4v) is 5.10. The van der Waals surface area contributed by atoms with Crippen molar-refractivity contribution in [1.82, 2.24) is 24.0 Å². The summed E-state index contributed by atoms with van der Waals surface area (Å²) in [5.74, 6) is 0.333. The SMILES string of the molecule is CNS(=O)(=O)N1CCO[C@H](COc2nc(-c3ccc(N4CCOCC4)cc3)cc3nccnc23)C1.S. The molecule has 2 aromatic heterocycles. The van der Waals surface area contributed by atoms with Gasteiger partial charge in [0.2, 0.25) is 5.88 Å². The van der Waals surface area contributed by atoms with E-state index in [2.05, 4.69) is 31.7 Å². The normalized spacial score (nSPS) is 19.1. The van der Waals surface area contributed by atoms with E-state index in [-0.39, 0.29) is 26.6 Å². The third kappa shape index (κ3) is 5.88. The number of hydrogen-bond donors (Lipinski definition) is 1. The lowest BCUT2D eigenvalue weighted by Gasteiger charge is -2.31. The Bertz CT molecular complexity index is 1270. The van der Waals surface area contributed by atoms with Gasteiger partial charge >= 0.3 is 0 Å². The highest BCUT2D eigenvalue weighted by atomic mass is 32.2. The first-order valence-electron chi connectivity index (χ1n) is 11.5. The van der Waals surface area contributed by atoms with E-state index in [4.69, 9.17) is 19.2 Å². The second kappa shape index (κ2) is 11.7. The van der Waals surface area contributed by atoms with Gasteiger partial charge in [0.1, 0.15) is 12.7 Å². The highest BCUT2D eigenvalue weighted by molar-refractivity contribution is 7.87. The zero-order chi connectivity index (χ0) is 24.3. The molecule has 0 radical (unpaired) electrons. The molecule has 2 aliphatic heterocycles. The van der Waals surface area contributed by atoms with Gasteiger partial charge in [0.05, 0.1) is 31.0 Å². The van der Waals surface area contributed by atoms with Gasteiger partial charge in [-0.05, 0) is 18.2 Å². The van der Waals surface area contributed by atoms with E-state index in [0.717, 1.165) is 37.6 Å². The lowest BCUT2D eigenvalue weighted by Crippen LogP contribution is -2.50. The fraction of sp³-hybridized carbons (Fsp3) is 0.435. The van der Waals surface area contributed by atoms with E-state index in [0.29, 0.717) is 35.8 Å². The minimum absolute atomic E-state index is 0. The molecule has 0 spiro atoms. The molecule has 194 valence electrons. The maximum Gasteiger partial charge on any atom is 0.279 e. The summed E-state index contributed by atoms with van der Waals surface area (Å²) in [6.07, 6.45) is 2.78. The van der Waals surface area contributed by atoms with Crippen molar-refractivity contribution in [3.8, 4) is 17.1 Å². The van der Waals surface area contributed by atoms with E-state index in [9.17, 15) is 8.42 Å². The minimum Gasteiger partial charge on any atom is -0.473 e. The molecule has 0 amide bonds. The summed E-state index contributed by atoms with van der Waals surface area (Å²) in [4.78, 5) is 15.9. The third-order valence-corrected chi connectivity index (χ3v) is 7.60. The Morgan fingerprint density at radius 3 is 2.58 bits per heavy atom. The van der Waals surface area contributed by atoms with Gasteiger partial charge in [-0.25, -0.2) is 14.7 Å². The average molecular weight is 535 g/mol. The zero-order valence-corrected chi connectivity index (χ0v) is 21.8. The van der Waals surface area contributed by atoms with Crippen LogP contribution in [0, 0.1) is 0 Å². The molecule has 2 aliphatic rings. The standard InChI is InChI=1S/C23H28N6O5S.H2S/c1-24-35(30,31)29-10-13-33-19(15-29)16-34-23-22-21(25-6-7-26-22)14-20(27-23)17-2-4-18(5-3-17)28-8-11-32-12-9-28;/h2-7,14,19,24H,8-13,15-16H2,1H3;1H2/t19-;/m0./s1. The predicted molar refractivity (Wildman–Crippen MR) is 141 cm³/mol. The highest BCUT2D eigenvalue weighted by Crippen LogP contribution is 2.29. The minimum atomic E-state index is -3.53. The molecule has 11 nitrogen and oxygen atoms in total. The molecule has 2 saturated heterocycles. The molecule has 4 heterocycles. The smallest absolute Gasteiger partial charge is 0.279 e. The predicted octanol–water partition coefficient (Wildman–Crippen LogP) is 1.19. The van der Waals surface area contributed by atoms with E-state index in [1.54, 1.807) is 12.4 Å². The molecule has 1 aromatic carbocycles.